The third-order valence-corrected chi connectivity index (χ3v) is 6.03. The first-order valence-electron chi connectivity index (χ1n) is 8.57. The Balaban J connectivity index is 0.00000121. The van der Waals surface area contributed by atoms with Crippen LogP contribution in [0.1, 0.15) is 44.6 Å². The van der Waals surface area contributed by atoms with Gasteiger partial charge in [0.05, 0.1) is 11.7 Å². The molecule has 1 fully saturated rings. The summed E-state index contributed by atoms with van der Waals surface area (Å²) in [5.74, 6) is 0.323. The highest BCUT2D eigenvalue weighted by Gasteiger charge is 2.26. The zero-order chi connectivity index (χ0) is 16.5. The lowest BCUT2D eigenvalue weighted by atomic mass is 9.92. The smallest absolute Gasteiger partial charge is 0.267 e. The molecule has 0 spiro atoms. The predicted octanol–water partition coefficient (Wildman–Crippen LogP) is 3.44. The van der Waals surface area contributed by atoms with E-state index in [1.165, 1.54) is 37.0 Å². The van der Waals surface area contributed by atoms with Crippen LogP contribution in [0.2, 0.25) is 0 Å². The summed E-state index contributed by atoms with van der Waals surface area (Å²) in [6, 6.07) is 9.83. The van der Waals surface area contributed by atoms with Gasteiger partial charge in [-0.3, -0.25) is 9.79 Å². The molecule has 0 saturated heterocycles. The average molecular weight is 343 g/mol. The van der Waals surface area contributed by atoms with Crippen molar-refractivity contribution in [3.8, 4) is 0 Å². The molecule has 24 heavy (non-hydrogen) atoms. The van der Waals surface area contributed by atoms with E-state index in [9.17, 15) is 4.79 Å². The van der Waals surface area contributed by atoms with E-state index in [4.69, 9.17) is 10.7 Å². The summed E-state index contributed by atoms with van der Waals surface area (Å²) in [5.41, 5.74) is 7.65. The fourth-order valence-corrected chi connectivity index (χ4v) is 4.65. The minimum atomic E-state index is -0.151. The van der Waals surface area contributed by atoms with E-state index in [0.29, 0.717) is 22.5 Å². The van der Waals surface area contributed by atoms with Crippen molar-refractivity contribution in [3.05, 3.63) is 45.1 Å². The number of nitrogens with one attached hydrogen (secondary N) is 1. The molecule has 3 N–H and O–H groups in total. The highest BCUT2D eigenvalue weighted by atomic mass is 32.1. The molecule has 5 heteroatoms. The normalized spacial score (nSPS) is 22.3. The largest absolute Gasteiger partial charge is 0.397 e. The van der Waals surface area contributed by atoms with Gasteiger partial charge in [0.15, 0.2) is 0 Å². The molecule has 1 aromatic carbocycles. The SMILES string of the molecule is Nc1c(C(=O)Nc2ccccc2)sc2c1=CC1CCCCCC1N=2.[HH].[HH]. The van der Waals surface area contributed by atoms with E-state index in [-0.39, 0.29) is 8.76 Å². The van der Waals surface area contributed by atoms with Gasteiger partial charge in [0.2, 0.25) is 0 Å². The summed E-state index contributed by atoms with van der Waals surface area (Å²) in [6.07, 6.45) is 8.38. The molecule has 2 aliphatic rings. The maximum Gasteiger partial charge on any atom is 0.267 e. The van der Waals surface area contributed by atoms with Gasteiger partial charge in [-0.1, -0.05) is 43.5 Å². The number of hydrogen-bond acceptors (Lipinski definition) is 4. The minimum absolute atomic E-state index is 0. The highest BCUT2D eigenvalue weighted by molar-refractivity contribution is 7.12. The Morgan fingerprint density at radius 2 is 2.00 bits per heavy atom. The van der Waals surface area contributed by atoms with Gasteiger partial charge in [0.1, 0.15) is 9.55 Å². The predicted molar refractivity (Wildman–Crippen MR) is 103 cm³/mol. The average Bonchev–Trinajstić information content (AvgIpc) is 2.77. The van der Waals surface area contributed by atoms with Crippen LogP contribution in [0.15, 0.2) is 35.3 Å². The van der Waals surface area contributed by atoms with Gasteiger partial charge in [-0.2, -0.15) is 0 Å². The van der Waals surface area contributed by atoms with Crippen LogP contribution in [0.5, 0.6) is 0 Å². The molecular weight excluding hydrogens is 318 g/mol. The Bertz CT molecular complexity index is 882. The number of carbonyl (C=O) groups excluding carboxylic acids is 1. The summed E-state index contributed by atoms with van der Waals surface area (Å²) >= 11 is 1.42. The van der Waals surface area contributed by atoms with Crippen molar-refractivity contribution in [2.24, 2.45) is 10.9 Å². The lowest BCUT2D eigenvalue weighted by Crippen LogP contribution is -2.33. The summed E-state index contributed by atoms with van der Waals surface area (Å²) in [6.45, 7) is 0. The van der Waals surface area contributed by atoms with Crippen molar-refractivity contribution in [1.82, 2.24) is 0 Å². The number of rotatable bonds is 2. The van der Waals surface area contributed by atoms with Gasteiger partial charge < -0.3 is 11.1 Å². The van der Waals surface area contributed by atoms with Crippen LogP contribution in [-0.4, -0.2) is 11.9 Å². The van der Waals surface area contributed by atoms with E-state index in [1.807, 2.05) is 30.3 Å². The third kappa shape index (κ3) is 2.84. The van der Waals surface area contributed by atoms with E-state index in [2.05, 4.69) is 11.4 Å². The molecule has 1 amide bonds. The molecular formula is C19H25N3OS. The zero-order valence-corrected chi connectivity index (χ0v) is 14.3. The number of hydrogen-bond donors (Lipinski definition) is 2. The molecule has 0 bridgehead atoms. The standard InChI is InChI=1S/C19H21N3OS.2H2/c20-16-14-11-12-7-3-1-6-10-15(12)22-19(14)24-17(16)18(23)21-13-8-4-2-5-9-13;;/h2,4-5,8-9,11-12,15H,1,3,6-7,10,20H2,(H,21,23);2*1H. The first kappa shape index (κ1) is 15.4. The first-order valence-corrected chi connectivity index (χ1v) is 9.38. The molecule has 1 aromatic heterocycles. The number of carbonyl (C=O) groups is 1. The number of anilines is 2. The van der Waals surface area contributed by atoms with Crippen molar-refractivity contribution >= 4 is 34.7 Å². The number of nitrogen functional groups attached to an aromatic ring is 1. The Kier molecular flexibility index (Phi) is 4.10. The fourth-order valence-electron chi connectivity index (χ4n) is 3.62. The van der Waals surface area contributed by atoms with Crippen molar-refractivity contribution in [2.45, 2.75) is 38.1 Å². The van der Waals surface area contributed by atoms with E-state index >= 15 is 0 Å². The first-order chi connectivity index (χ1) is 11.7. The van der Waals surface area contributed by atoms with Crippen LogP contribution in [0.4, 0.5) is 11.4 Å². The van der Waals surface area contributed by atoms with Crippen LogP contribution in [0.3, 0.4) is 0 Å². The number of thiophene rings is 1. The molecule has 2 unspecified atom stereocenters. The number of benzene rings is 1. The Morgan fingerprint density at radius 1 is 1.21 bits per heavy atom. The van der Waals surface area contributed by atoms with Crippen molar-refractivity contribution in [3.63, 3.8) is 0 Å². The zero-order valence-electron chi connectivity index (χ0n) is 13.5. The van der Waals surface area contributed by atoms with Gasteiger partial charge in [0, 0.05) is 19.7 Å². The lowest BCUT2D eigenvalue weighted by molar-refractivity contribution is 0.103. The fraction of sp³-hybridized carbons (Fsp3) is 0.368. The number of fused-ring (bicyclic) bond motifs is 2. The Labute approximate surface area is 148 Å². The van der Waals surface area contributed by atoms with Gasteiger partial charge >= 0.3 is 0 Å². The monoisotopic (exact) mass is 343 g/mol. The molecule has 1 aliphatic carbocycles. The second-order valence-electron chi connectivity index (χ2n) is 6.55. The summed E-state index contributed by atoms with van der Waals surface area (Å²) in [4.78, 5) is 18.1. The molecule has 2 atom stereocenters. The van der Waals surface area contributed by atoms with E-state index in [1.54, 1.807) is 0 Å². The Hall–Kier alpha value is -2.14. The van der Waals surface area contributed by atoms with E-state index < -0.39 is 0 Å². The minimum Gasteiger partial charge on any atom is -0.397 e. The molecule has 4 rings (SSSR count). The molecule has 128 valence electrons. The van der Waals surface area contributed by atoms with Crippen molar-refractivity contribution in [2.75, 3.05) is 11.1 Å². The molecule has 4 nitrogen and oxygen atoms in total. The van der Waals surface area contributed by atoms with Crippen LogP contribution >= 0.6 is 11.3 Å². The highest BCUT2D eigenvalue weighted by Crippen LogP contribution is 2.29. The van der Waals surface area contributed by atoms with Crippen molar-refractivity contribution < 1.29 is 7.65 Å². The number of para-hydroxylation sites is 1. The summed E-state index contributed by atoms with van der Waals surface area (Å²) in [7, 11) is 0. The van der Waals surface area contributed by atoms with Gasteiger partial charge in [-0.15, -0.1) is 11.3 Å². The Morgan fingerprint density at radius 3 is 2.83 bits per heavy atom. The van der Waals surface area contributed by atoms with Crippen molar-refractivity contribution in [1.29, 1.82) is 0 Å². The number of nitrogens with two attached hydrogens (primary N) is 1. The lowest BCUT2D eigenvalue weighted by Gasteiger charge is -2.20. The van der Waals surface area contributed by atoms with E-state index in [0.717, 1.165) is 22.0 Å². The van der Waals surface area contributed by atoms with Crippen LogP contribution in [0.25, 0.3) is 6.08 Å². The molecule has 1 saturated carbocycles. The molecule has 2 aromatic rings. The van der Waals surface area contributed by atoms with Gasteiger partial charge in [-0.25, -0.2) is 0 Å². The second kappa shape index (κ2) is 6.40. The molecule has 1 aliphatic heterocycles. The molecule has 0 radical (unpaired) electrons. The quantitative estimate of drug-likeness (QED) is 0.877. The summed E-state index contributed by atoms with van der Waals surface area (Å²) < 4.78 is 0.925. The van der Waals surface area contributed by atoms with Crippen LogP contribution in [-0.2, 0) is 0 Å². The van der Waals surface area contributed by atoms with Gasteiger partial charge in [0.25, 0.3) is 5.91 Å². The van der Waals surface area contributed by atoms with Crippen LogP contribution in [0, 0.1) is 5.92 Å². The summed E-state index contributed by atoms with van der Waals surface area (Å²) in [5, 5.41) is 3.89. The topological polar surface area (TPSA) is 67.5 Å². The number of nitrogens with zero attached hydrogens (tertiary/aromatic N) is 1. The number of amides is 1. The maximum atomic E-state index is 12.6. The van der Waals surface area contributed by atoms with Gasteiger partial charge in [-0.05, 0) is 25.0 Å². The maximum absolute atomic E-state index is 12.6. The third-order valence-electron chi connectivity index (χ3n) is 4.90. The molecule has 2 heterocycles. The second-order valence-corrected chi connectivity index (χ2v) is 7.55. The van der Waals surface area contributed by atoms with Crippen LogP contribution < -0.4 is 20.9 Å².